The van der Waals surface area contributed by atoms with Crippen molar-refractivity contribution < 1.29 is 14.0 Å². The number of hydrogen-bond donors (Lipinski definition) is 2. The van der Waals surface area contributed by atoms with Crippen molar-refractivity contribution in [2.75, 3.05) is 6.54 Å². The predicted octanol–water partition coefficient (Wildman–Crippen LogP) is 4.45. The number of nitrogens with one attached hydrogen (secondary N) is 2. The lowest BCUT2D eigenvalue weighted by Gasteiger charge is -2.22. The molecule has 0 bridgehead atoms. The fourth-order valence-electron chi connectivity index (χ4n) is 3.81. The van der Waals surface area contributed by atoms with E-state index in [9.17, 15) is 9.59 Å². The molecule has 1 aliphatic carbocycles. The van der Waals surface area contributed by atoms with Crippen molar-refractivity contribution in [3.8, 4) is 0 Å². The van der Waals surface area contributed by atoms with Crippen LogP contribution in [0.2, 0.25) is 0 Å². The molecule has 0 spiro atoms. The first-order valence-electron chi connectivity index (χ1n) is 10.6. The number of aromatic nitrogens is 2. The number of thioether (sulfide) groups is 1. The van der Waals surface area contributed by atoms with Crippen LogP contribution in [0.3, 0.4) is 0 Å². The predicted molar refractivity (Wildman–Crippen MR) is 122 cm³/mol. The van der Waals surface area contributed by atoms with E-state index in [2.05, 4.69) is 20.8 Å². The first-order chi connectivity index (χ1) is 15.1. The molecular formula is C22H26N4O3S2. The standard InChI is InChI=1S/C22H26N4O3S2/c1-14-25-26-22(31-14)30-13-17-16-9-5-6-10-18(16)29-20(17)21(28)23-12-11-19(27)24-15-7-3-2-4-8-15/h5-6,9-10,15H,2-4,7-8,11-13H2,1H3,(H,23,28)(H,24,27). The van der Waals surface area contributed by atoms with E-state index in [0.29, 0.717) is 17.1 Å². The summed E-state index contributed by atoms with van der Waals surface area (Å²) in [4.78, 5) is 25.0. The molecule has 9 heteroatoms. The van der Waals surface area contributed by atoms with Gasteiger partial charge in [0.25, 0.3) is 5.91 Å². The summed E-state index contributed by atoms with van der Waals surface area (Å²) in [5.41, 5.74) is 1.50. The van der Waals surface area contributed by atoms with Gasteiger partial charge in [0, 0.05) is 35.7 Å². The second-order valence-electron chi connectivity index (χ2n) is 7.69. The van der Waals surface area contributed by atoms with Crippen molar-refractivity contribution in [1.29, 1.82) is 0 Å². The van der Waals surface area contributed by atoms with Crippen LogP contribution in [-0.4, -0.2) is 34.6 Å². The van der Waals surface area contributed by atoms with Gasteiger partial charge in [0.1, 0.15) is 10.6 Å². The van der Waals surface area contributed by atoms with Gasteiger partial charge in [0.15, 0.2) is 10.1 Å². The van der Waals surface area contributed by atoms with Crippen LogP contribution in [0.25, 0.3) is 11.0 Å². The Morgan fingerprint density at radius 3 is 2.77 bits per heavy atom. The van der Waals surface area contributed by atoms with Gasteiger partial charge in [-0.25, -0.2) is 0 Å². The maximum atomic E-state index is 12.9. The zero-order valence-corrected chi connectivity index (χ0v) is 19.1. The lowest BCUT2D eigenvalue weighted by molar-refractivity contribution is -0.121. The summed E-state index contributed by atoms with van der Waals surface area (Å²) in [6, 6.07) is 7.90. The van der Waals surface area contributed by atoms with Gasteiger partial charge in [-0.2, -0.15) is 0 Å². The molecule has 0 radical (unpaired) electrons. The average molecular weight is 459 g/mol. The van der Waals surface area contributed by atoms with Crippen molar-refractivity contribution in [2.45, 2.75) is 61.6 Å². The highest BCUT2D eigenvalue weighted by atomic mass is 32.2. The molecule has 2 N–H and O–H groups in total. The Morgan fingerprint density at radius 2 is 2.00 bits per heavy atom. The number of amides is 2. The molecule has 2 amide bonds. The summed E-state index contributed by atoms with van der Waals surface area (Å²) in [7, 11) is 0. The van der Waals surface area contributed by atoms with Crippen LogP contribution >= 0.6 is 23.1 Å². The maximum Gasteiger partial charge on any atom is 0.287 e. The molecule has 2 heterocycles. The fourth-order valence-corrected chi connectivity index (χ4v) is 5.66. The molecule has 1 saturated carbocycles. The van der Waals surface area contributed by atoms with E-state index < -0.39 is 0 Å². The smallest absolute Gasteiger partial charge is 0.287 e. The summed E-state index contributed by atoms with van der Waals surface area (Å²) in [6.07, 6.45) is 5.95. The van der Waals surface area contributed by atoms with Crippen LogP contribution in [0.5, 0.6) is 0 Å². The van der Waals surface area contributed by atoms with Crippen LogP contribution in [0, 0.1) is 6.92 Å². The minimum atomic E-state index is -0.300. The monoisotopic (exact) mass is 458 g/mol. The Kier molecular flexibility index (Phi) is 7.24. The number of carbonyl (C=O) groups is 2. The average Bonchev–Trinajstić information content (AvgIpc) is 3.36. The largest absolute Gasteiger partial charge is 0.451 e. The highest BCUT2D eigenvalue weighted by Crippen LogP contribution is 2.33. The van der Waals surface area contributed by atoms with E-state index in [4.69, 9.17) is 4.42 Å². The van der Waals surface area contributed by atoms with Gasteiger partial charge in [-0.1, -0.05) is 60.6 Å². The van der Waals surface area contributed by atoms with Gasteiger partial charge in [0.2, 0.25) is 5.91 Å². The lowest BCUT2D eigenvalue weighted by Crippen LogP contribution is -2.38. The summed E-state index contributed by atoms with van der Waals surface area (Å²) in [5.74, 6) is 0.531. The number of para-hydroxylation sites is 1. The van der Waals surface area contributed by atoms with Crippen LogP contribution < -0.4 is 10.6 Å². The lowest BCUT2D eigenvalue weighted by atomic mass is 9.95. The molecular weight excluding hydrogens is 432 g/mol. The highest BCUT2D eigenvalue weighted by Gasteiger charge is 2.21. The second-order valence-corrected chi connectivity index (χ2v) is 10.1. The van der Waals surface area contributed by atoms with Crippen LogP contribution in [-0.2, 0) is 10.5 Å². The third-order valence-electron chi connectivity index (χ3n) is 5.36. The molecule has 1 fully saturated rings. The molecule has 0 atom stereocenters. The number of furan rings is 1. The zero-order chi connectivity index (χ0) is 21.6. The van der Waals surface area contributed by atoms with E-state index in [1.807, 2.05) is 31.2 Å². The summed E-state index contributed by atoms with van der Waals surface area (Å²) >= 11 is 3.06. The third kappa shape index (κ3) is 5.65. The van der Waals surface area contributed by atoms with E-state index in [1.54, 1.807) is 0 Å². The minimum Gasteiger partial charge on any atom is -0.451 e. The molecule has 4 rings (SSSR count). The van der Waals surface area contributed by atoms with Gasteiger partial charge in [0.05, 0.1) is 0 Å². The first kappa shape index (κ1) is 21.8. The Balaban J connectivity index is 1.38. The number of carbonyl (C=O) groups excluding carboxylic acids is 2. The minimum absolute atomic E-state index is 0.0146. The van der Waals surface area contributed by atoms with Crippen molar-refractivity contribution in [3.05, 3.63) is 40.6 Å². The van der Waals surface area contributed by atoms with Crippen molar-refractivity contribution >= 4 is 45.9 Å². The summed E-state index contributed by atoms with van der Waals surface area (Å²) in [6.45, 7) is 2.19. The molecule has 7 nitrogen and oxygen atoms in total. The number of rotatable bonds is 8. The maximum absolute atomic E-state index is 12.9. The molecule has 0 saturated heterocycles. The van der Waals surface area contributed by atoms with Gasteiger partial charge in [-0.3, -0.25) is 9.59 Å². The molecule has 31 heavy (non-hydrogen) atoms. The first-order valence-corrected chi connectivity index (χ1v) is 12.4. The Hall–Kier alpha value is -2.39. The van der Waals surface area contributed by atoms with E-state index in [-0.39, 0.29) is 30.8 Å². The van der Waals surface area contributed by atoms with Crippen molar-refractivity contribution in [2.24, 2.45) is 0 Å². The quantitative estimate of drug-likeness (QED) is 0.484. The molecule has 1 aliphatic rings. The normalized spacial score (nSPS) is 14.6. The second kappa shape index (κ2) is 10.3. The van der Waals surface area contributed by atoms with Gasteiger partial charge >= 0.3 is 0 Å². The Bertz CT molecular complexity index is 1060. The number of benzene rings is 1. The highest BCUT2D eigenvalue weighted by molar-refractivity contribution is 8.00. The van der Waals surface area contributed by atoms with Crippen LogP contribution in [0.15, 0.2) is 33.0 Å². The zero-order valence-electron chi connectivity index (χ0n) is 17.5. The van der Waals surface area contributed by atoms with Crippen LogP contribution in [0.4, 0.5) is 0 Å². The number of fused-ring (bicyclic) bond motifs is 1. The molecule has 1 aromatic carbocycles. The van der Waals surface area contributed by atoms with Gasteiger partial charge in [-0.05, 0) is 25.8 Å². The van der Waals surface area contributed by atoms with Crippen molar-refractivity contribution in [3.63, 3.8) is 0 Å². The summed E-state index contributed by atoms with van der Waals surface area (Å²) < 4.78 is 6.73. The molecule has 3 aromatic rings. The molecule has 0 aliphatic heterocycles. The van der Waals surface area contributed by atoms with Gasteiger partial charge in [-0.15, -0.1) is 10.2 Å². The van der Waals surface area contributed by atoms with Crippen molar-refractivity contribution in [1.82, 2.24) is 20.8 Å². The van der Waals surface area contributed by atoms with Crippen LogP contribution in [0.1, 0.15) is 59.7 Å². The van der Waals surface area contributed by atoms with E-state index in [1.165, 1.54) is 42.4 Å². The van der Waals surface area contributed by atoms with Gasteiger partial charge < -0.3 is 15.1 Å². The number of aryl methyl sites for hydroxylation is 1. The Labute approximate surface area is 189 Å². The number of hydrogen-bond acceptors (Lipinski definition) is 7. The Morgan fingerprint density at radius 1 is 1.19 bits per heavy atom. The topological polar surface area (TPSA) is 97.1 Å². The fraction of sp³-hybridized carbons (Fsp3) is 0.455. The van der Waals surface area contributed by atoms with E-state index >= 15 is 0 Å². The van der Waals surface area contributed by atoms with E-state index in [0.717, 1.165) is 33.1 Å². The molecule has 0 unspecified atom stereocenters. The molecule has 164 valence electrons. The molecule has 2 aromatic heterocycles. The summed E-state index contributed by atoms with van der Waals surface area (Å²) in [5, 5.41) is 15.9. The number of nitrogens with zero attached hydrogens (tertiary/aromatic N) is 2. The third-order valence-corrected chi connectivity index (χ3v) is 7.36. The SMILES string of the molecule is Cc1nnc(SCc2c(C(=O)NCCC(=O)NC3CCCCC3)oc3ccccc23)s1.